The Hall–Kier alpha value is -1.10. The van der Waals surface area contributed by atoms with Crippen molar-refractivity contribution in [1.82, 2.24) is 0 Å². The van der Waals surface area contributed by atoms with Gasteiger partial charge >= 0.3 is 5.97 Å². The van der Waals surface area contributed by atoms with Crippen molar-refractivity contribution in [2.45, 2.75) is 19.8 Å². The van der Waals surface area contributed by atoms with Gasteiger partial charge in [-0.05, 0) is 47.8 Å². The highest BCUT2D eigenvalue weighted by molar-refractivity contribution is 9.10. The molecule has 1 fully saturated rings. The molecular weight excluding hydrogens is 313 g/mol. The van der Waals surface area contributed by atoms with E-state index in [0.717, 1.165) is 31.6 Å². The maximum atomic E-state index is 13.5. The Bertz CT molecular complexity index is 459. The molecule has 0 aromatic heterocycles. The quantitative estimate of drug-likeness (QED) is 0.796. The first-order valence-electron chi connectivity index (χ1n) is 6.49. The van der Waals surface area contributed by atoms with E-state index in [9.17, 15) is 9.18 Å². The number of benzene rings is 1. The Morgan fingerprint density at radius 3 is 2.79 bits per heavy atom. The van der Waals surface area contributed by atoms with Crippen molar-refractivity contribution in [3.8, 4) is 0 Å². The number of halogens is 2. The van der Waals surface area contributed by atoms with Gasteiger partial charge in [0.15, 0.2) is 0 Å². The number of anilines is 1. The summed E-state index contributed by atoms with van der Waals surface area (Å²) in [7, 11) is 0. The van der Waals surface area contributed by atoms with Crippen LogP contribution in [0.4, 0.5) is 10.1 Å². The molecule has 1 heterocycles. The van der Waals surface area contributed by atoms with Gasteiger partial charge in [-0.3, -0.25) is 4.79 Å². The number of carbonyl (C=O) groups is 1. The third-order valence-corrected chi connectivity index (χ3v) is 4.17. The van der Waals surface area contributed by atoms with Crippen molar-refractivity contribution < 1.29 is 13.9 Å². The third-order valence-electron chi connectivity index (χ3n) is 3.39. The number of nitrogens with zero attached hydrogens (tertiary/aromatic N) is 1. The van der Waals surface area contributed by atoms with Crippen LogP contribution in [0, 0.1) is 11.7 Å². The topological polar surface area (TPSA) is 29.5 Å². The summed E-state index contributed by atoms with van der Waals surface area (Å²) in [4.78, 5) is 13.8. The summed E-state index contributed by atoms with van der Waals surface area (Å²) in [5, 5.41) is 0. The van der Waals surface area contributed by atoms with E-state index in [1.54, 1.807) is 6.07 Å². The van der Waals surface area contributed by atoms with Crippen LogP contribution in [0.25, 0.3) is 0 Å². The van der Waals surface area contributed by atoms with E-state index in [2.05, 4.69) is 20.8 Å². The molecule has 104 valence electrons. The molecular formula is C14H17BrFNO2. The number of rotatable bonds is 3. The third kappa shape index (κ3) is 3.26. The van der Waals surface area contributed by atoms with Crippen molar-refractivity contribution in [3.63, 3.8) is 0 Å². The highest BCUT2D eigenvalue weighted by Crippen LogP contribution is 2.31. The smallest absolute Gasteiger partial charge is 0.309 e. The van der Waals surface area contributed by atoms with Gasteiger partial charge in [-0.25, -0.2) is 4.39 Å². The molecule has 5 heteroatoms. The first kappa shape index (κ1) is 14.3. The van der Waals surface area contributed by atoms with Gasteiger partial charge in [-0.2, -0.15) is 0 Å². The number of ether oxygens (including phenoxy) is 1. The average Bonchev–Trinajstić information content (AvgIpc) is 2.42. The minimum Gasteiger partial charge on any atom is -0.466 e. The zero-order chi connectivity index (χ0) is 13.8. The van der Waals surface area contributed by atoms with Gasteiger partial charge in [0, 0.05) is 13.1 Å². The molecule has 1 aromatic rings. The van der Waals surface area contributed by atoms with Crippen LogP contribution in [-0.2, 0) is 9.53 Å². The summed E-state index contributed by atoms with van der Waals surface area (Å²) < 4.78 is 19.0. The summed E-state index contributed by atoms with van der Waals surface area (Å²) in [6.07, 6.45) is 1.50. The van der Waals surface area contributed by atoms with Crippen LogP contribution in [0.5, 0.6) is 0 Å². The van der Waals surface area contributed by atoms with E-state index in [-0.39, 0.29) is 17.7 Å². The van der Waals surface area contributed by atoms with E-state index in [1.165, 1.54) is 6.07 Å². The second kappa shape index (κ2) is 6.37. The molecule has 0 N–H and O–H groups in total. The molecule has 19 heavy (non-hydrogen) atoms. The fourth-order valence-electron chi connectivity index (χ4n) is 2.35. The van der Waals surface area contributed by atoms with E-state index < -0.39 is 0 Å². The predicted molar refractivity (Wildman–Crippen MR) is 75.7 cm³/mol. The summed E-state index contributed by atoms with van der Waals surface area (Å²) in [5.74, 6) is -0.394. The molecule has 0 atom stereocenters. The lowest BCUT2D eigenvalue weighted by molar-refractivity contribution is -0.148. The lowest BCUT2D eigenvalue weighted by atomic mass is 9.96. The van der Waals surface area contributed by atoms with Crippen molar-refractivity contribution in [1.29, 1.82) is 0 Å². The van der Waals surface area contributed by atoms with Gasteiger partial charge in [0.1, 0.15) is 5.82 Å². The zero-order valence-corrected chi connectivity index (χ0v) is 12.5. The molecule has 0 radical (unpaired) electrons. The van der Waals surface area contributed by atoms with Crippen molar-refractivity contribution in [2.24, 2.45) is 5.92 Å². The van der Waals surface area contributed by atoms with Gasteiger partial charge in [-0.15, -0.1) is 0 Å². The maximum absolute atomic E-state index is 13.5. The first-order chi connectivity index (χ1) is 9.13. The Balaban J connectivity index is 2.00. The van der Waals surface area contributed by atoms with Gasteiger partial charge in [0.05, 0.1) is 22.7 Å². The molecule has 0 saturated carbocycles. The van der Waals surface area contributed by atoms with Crippen LogP contribution in [0.2, 0.25) is 0 Å². The fourth-order valence-corrected chi connectivity index (χ4v) is 2.87. The number of piperidine rings is 1. The van der Waals surface area contributed by atoms with E-state index in [1.807, 2.05) is 13.0 Å². The second-order valence-electron chi connectivity index (χ2n) is 4.59. The lowest BCUT2D eigenvalue weighted by Crippen LogP contribution is -2.37. The lowest BCUT2D eigenvalue weighted by Gasteiger charge is -2.33. The molecule has 1 aliphatic rings. The van der Waals surface area contributed by atoms with Crippen LogP contribution < -0.4 is 4.90 Å². The number of hydrogen-bond acceptors (Lipinski definition) is 3. The molecule has 0 aliphatic carbocycles. The SMILES string of the molecule is CCOC(=O)C1CCN(c2cccc(F)c2Br)CC1. The maximum Gasteiger partial charge on any atom is 0.309 e. The minimum absolute atomic E-state index is 0.0245. The molecule has 1 saturated heterocycles. The summed E-state index contributed by atoms with van der Waals surface area (Å²) in [6.45, 7) is 3.72. The standard InChI is InChI=1S/C14H17BrFNO2/c1-2-19-14(18)10-6-8-17(9-7-10)12-5-3-4-11(16)13(12)15/h3-5,10H,2,6-9H2,1H3. The first-order valence-corrected chi connectivity index (χ1v) is 7.28. The molecule has 0 bridgehead atoms. The van der Waals surface area contributed by atoms with Crippen LogP contribution >= 0.6 is 15.9 Å². The Morgan fingerprint density at radius 2 is 2.16 bits per heavy atom. The average molecular weight is 330 g/mol. The Kier molecular flexibility index (Phi) is 4.80. The molecule has 0 amide bonds. The number of esters is 1. The monoisotopic (exact) mass is 329 g/mol. The molecule has 0 spiro atoms. The van der Waals surface area contributed by atoms with Crippen molar-refractivity contribution >= 4 is 27.6 Å². The second-order valence-corrected chi connectivity index (χ2v) is 5.38. The molecule has 3 nitrogen and oxygen atoms in total. The molecule has 1 aliphatic heterocycles. The molecule has 1 aromatic carbocycles. The molecule has 0 unspecified atom stereocenters. The minimum atomic E-state index is -0.259. The van der Waals surface area contributed by atoms with Crippen LogP contribution in [-0.4, -0.2) is 25.7 Å². The Labute approximate surface area is 120 Å². The zero-order valence-electron chi connectivity index (χ0n) is 10.9. The van der Waals surface area contributed by atoms with E-state index >= 15 is 0 Å². The summed E-state index contributed by atoms with van der Waals surface area (Å²) in [6, 6.07) is 5.02. The van der Waals surface area contributed by atoms with E-state index in [4.69, 9.17) is 4.74 Å². The van der Waals surface area contributed by atoms with Crippen molar-refractivity contribution in [2.75, 3.05) is 24.6 Å². The number of hydrogen-bond donors (Lipinski definition) is 0. The predicted octanol–water partition coefficient (Wildman–Crippen LogP) is 3.37. The normalized spacial score (nSPS) is 16.5. The van der Waals surface area contributed by atoms with Crippen LogP contribution in [0.3, 0.4) is 0 Å². The van der Waals surface area contributed by atoms with E-state index in [0.29, 0.717) is 11.1 Å². The Morgan fingerprint density at radius 1 is 1.47 bits per heavy atom. The highest BCUT2D eigenvalue weighted by Gasteiger charge is 2.27. The van der Waals surface area contributed by atoms with Gasteiger partial charge < -0.3 is 9.64 Å². The van der Waals surface area contributed by atoms with Gasteiger partial charge in [0.25, 0.3) is 0 Å². The highest BCUT2D eigenvalue weighted by atomic mass is 79.9. The summed E-state index contributed by atoms with van der Waals surface area (Å²) >= 11 is 3.28. The largest absolute Gasteiger partial charge is 0.466 e. The summed E-state index contributed by atoms with van der Waals surface area (Å²) in [5.41, 5.74) is 0.849. The van der Waals surface area contributed by atoms with Crippen LogP contribution in [0.15, 0.2) is 22.7 Å². The van der Waals surface area contributed by atoms with Gasteiger partial charge in [0.2, 0.25) is 0 Å². The van der Waals surface area contributed by atoms with Gasteiger partial charge in [-0.1, -0.05) is 6.07 Å². The fraction of sp³-hybridized carbons (Fsp3) is 0.500. The van der Waals surface area contributed by atoms with Crippen LogP contribution in [0.1, 0.15) is 19.8 Å². The van der Waals surface area contributed by atoms with Crippen molar-refractivity contribution in [3.05, 3.63) is 28.5 Å². The number of carbonyl (C=O) groups excluding carboxylic acids is 1. The molecule has 2 rings (SSSR count).